The molecular formula is C27H30N2O. The number of amides is 1. The van der Waals surface area contributed by atoms with Crippen LogP contribution in [0, 0.1) is 22.7 Å². The van der Waals surface area contributed by atoms with E-state index in [1.807, 2.05) is 0 Å². The minimum Gasteiger partial charge on any atom is -0.340 e. The van der Waals surface area contributed by atoms with Crippen LogP contribution in [0.4, 0.5) is 0 Å². The molecule has 3 nitrogen and oxygen atoms in total. The van der Waals surface area contributed by atoms with Crippen molar-refractivity contribution in [2.75, 3.05) is 26.2 Å². The van der Waals surface area contributed by atoms with Crippen molar-refractivity contribution in [3.8, 4) is 0 Å². The van der Waals surface area contributed by atoms with Gasteiger partial charge in [0.1, 0.15) is 0 Å². The van der Waals surface area contributed by atoms with Crippen molar-refractivity contribution < 1.29 is 4.79 Å². The van der Waals surface area contributed by atoms with E-state index in [4.69, 9.17) is 0 Å². The summed E-state index contributed by atoms with van der Waals surface area (Å²) in [6.07, 6.45) is 4.99. The Hall–Kier alpha value is -2.13. The molecule has 1 amide bonds. The topological polar surface area (TPSA) is 23.6 Å². The summed E-state index contributed by atoms with van der Waals surface area (Å²) in [6, 6.07) is 21.9. The number of piperazine rings is 1. The van der Waals surface area contributed by atoms with E-state index in [2.05, 4.69) is 70.5 Å². The lowest BCUT2D eigenvalue weighted by Gasteiger charge is -2.95. The Kier molecular flexibility index (Phi) is 3.37. The Morgan fingerprint density at radius 2 is 1.53 bits per heavy atom. The number of hydrogen-bond acceptors (Lipinski definition) is 2. The van der Waals surface area contributed by atoms with Crippen molar-refractivity contribution in [3.05, 3.63) is 71.8 Å². The lowest BCUT2D eigenvalue weighted by atomic mass is 9.07. The molecule has 2 aromatic carbocycles. The van der Waals surface area contributed by atoms with Gasteiger partial charge in [0.05, 0.1) is 5.41 Å². The van der Waals surface area contributed by atoms with Gasteiger partial charge in [-0.15, -0.1) is 0 Å². The van der Waals surface area contributed by atoms with Gasteiger partial charge in [-0.25, -0.2) is 0 Å². The van der Waals surface area contributed by atoms with E-state index in [-0.39, 0.29) is 5.41 Å². The summed E-state index contributed by atoms with van der Waals surface area (Å²) in [6.45, 7) is 4.80. The smallest absolute Gasteiger partial charge is 0.229 e. The van der Waals surface area contributed by atoms with E-state index < -0.39 is 0 Å². The first-order valence-corrected chi connectivity index (χ1v) is 11.8. The van der Waals surface area contributed by atoms with Crippen LogP contribution in [0.5, 0.6) is 0 Å². The Morgan fingerprint density at radius 1 is 0.867 bits per heavy atom. The van der Waals surface area contributed by atoms with Crippen LogP contribution in [0.1, 0.15) is 36.8 Å². The summed E-state index contributed by atoms with van der Waals surface area (Å²) in [5, 5.41) is 0. The molecular weight excluding hydrogens is 368 g/mol. The quantitative estimate of drug-likeness (QED) is 0.775. The zero-order valence-corrected chi connectivity index (χ0v) is 17.6. The van der Waals surface area contributed by atoms with Crippen molar-refractivity contribution in [1.82, 2.24) is 9.80 Å². The molecule has 1 heterocycles. The number of benzene rings is 2. The molecule has 5 aliphatic rings. The minimum absolute atomic E-state index is 0.0176. The molecule has 0 bridgehead atoms. The monoisotopic (exact) mass is 398 g/mol. The third kappa shape index (κ3) is 1.82. The third-order valence-electron chi connectivity index (χ3n) is 9.88. The molecule has 5 atom stereocenters. The van der Waals surface area contributed by atoms with Crippen LogP contribution in [0.3, 0.4) is 0 Å². The Labute approximate surface area is 179 Å². The van der Waals surface area contributed by atoms with Crippen molar-refractivity contribution in [3.63, 3.8) is 0 Å². The fourth-order valence-corrected chi connectivity index (χ4v) is 8.97. The summed E-state index contributed by atoms with van der Waals surface area (Å²) >= 11 is 0. The van der Waals surface area contributed by atoms with Gasteiger partial charge in [0, 0.05) is 43.6 Å². The highest BCUT2D eigenvalue weighted by atomic mass is 16.2. The second kappa shape index (κ2) is 5.76. The maximum atomic E-state index is 13.9. The maximum absolute atomic E-state index is 13.9. The Morgan fingerprint density at radius 3 is 2.20 bits per heavy atom. The first-order valence-electron chi connectivity index (χ1n) is 11.8. The normalized spacial score (nSPS) is 40.7. The highest BCUT2D eigenvalue weighted by molar-refractivity contribution is 5.89. The molecule has 5 fully saturated rings. The summed E-state index contributed by atoms with van der Waals surface area (Å²) in [5.74, 6) is 2.14. The van der Waals surface area contributed by atoms with Gasteiger partial charge in [-0.1, -0.05) is 60.7 Å². The van der Waals surface area contributed by atoms with Crippen molar-refractivity contribution >= 4 is 5.91 Å². The Bertz CT molecular complexity index is 992. The maximum Gasteiger partial charge on any atom is 0.229 e. The van der Waals surface area contributed by atoms with Crippen LogP contribution in [0.25, 0.3) is 0 Å². The summed E-state index contributed by atoms with van der Waals surface area (Å²) < 4.78 is 0. The molecule has 4 saturated carbocycles. The van der Waals surface area contributed by atoms with Crippen molar-refractivity contribution in [2.45, 2.75) is 37.6 Å². The van der Waals surface area contributed by atoms with Crippen LogP contribution >= 0.6 is 0 Å². The lowest BCUT2D eigenvalue weighted by molar-refractivity contribution is -0.432. The molecule has 5 unspecified atom stereocenters. The fraction of sp³-hybridized carbons (Fsp3) is 0.519. The predicted molar refractivity (Wildman–Crippen MR) is 117 cm³/mol. The van der Waals surface area contributed by atoms with Gasteiger partial charge in [-0.05, 0) is 48.6 Å². The van der Waals surface area contributed by atoms with Gasteiger partial charge in [0.15, 0.2) is 0 Å². The van der Waals surface area contributed by atoms with Gasteiger partial charge in [-0.3, -0.25) is 9.69 Å². The van der Waals surface area contributed by atoms with Crippen molar-refractivity contribution in [1.29, 1.82) is 0 Å². The van der Waals surface area contributed by atoms with Gasteiger partial charge in [0.25, 0.3) is 0 Å². The SMILES string of the molecule is O=C(N1CCN(Cc2ccccc2)CC1)C12CC3CC4CC(c5ccccc5)(C1)C342. The largest absolute Gasteiger partial charge is 0.340 e. The van der Waals surface area contributed by atoms with E-state index in [0.717, 1.165) is 51.0 Å². The van der Waals surface area contributed by atoms with Gasteiger partial charge in [-0.2, -0.15) is 0 Å². The zero-order chi connectivity index (χ0) is 20.0. The average molecular weight is 399 g/mol. The van der Waals surface area contributed by atoms with Crippen LogP contribution in [-0.4, -0.2) is 41.9 Å². The van der Waals surface area contributed by atoms with Crippen molar-refractivity contribution in [2.24, 2.45) is 22.7 Å². The van der Waals surface area contributed by atoms with E-state index in [0.29, 0.717) is 16.7 Å². The second-order valence-corrected chi connectivity index (χ2v) is 10.7. The van der Waals surface area contributed by atoms with E-state index in [1.165, 1.54) is 30.4 Å². The second-order valence-electron chi connectivity index (χ2n) is 10.7. The molecule has 30 heavy (non-hydrogen) atoms. The molecule has 0 aromatic heterocycles. The number of nitrogens with zero attached hydrogens (tertiary/aromatic N) is 2. The molecule has 1 aliphatic heterocycles. The van der Waals surface area contributed by atoms with Crippen LogP contribution < -0.4 is 0 Å². The highest BCUT2D eigenvalue weighted by Gasteiger charge is 2.95. The number of carbonyl (C=O) groups excluding carboxylic acids is 1. The number of rotatable bonds is 4. The molecule has 4 aliphatic carbocycles. The first kappa shape index (κ1) is 17.5. The molecule has 154 valence electrons. The molecule has 7 rings (SSSR count). The summed E-state index contributed by atoms with van der Waals surface area (Å²) in [5.41, 5.74) is 3.53. The predicted octanol–water partition coefficient (Wildman–Crippen LogP) is 4.09. The van der Waals surface area contributed by atoms with E-state index >= 15 is 0 Å². The standard InChI is InChI=1S/C27H30N2O/c30-24(29-13-11-28(12-14-29)18-20-7-3-1-4-8-20)26-17-23-15-22-16-25(19-26,27(22,23)26)21-9-5-2-6-10-21/h1-10,22-23H,11-19H2. The molecule has 3 heteroatoms. The Balaban J connectivity index is 1.08. The van der Waals surface area contributed by atoms with Gasteiger partial charge >= 0.3 is 0 Å². The summed E-state index contributed by atoms with van der Waals surface area (Å²) in [4.78, 5) is 18.6. The van der Waals surface area contributed by atoms with Crippen LogP contribution in [-0.2, 0) is 16.8 Å². The molecule has 0 N–H and O–H groups in total. The molecule has 2 aromatic rings. The molecule has 0 radical (unpaired) electrons. The van der Waals surface area contributed by atoms with E-state index in [1.54, 1.807) is 0 Å². The number of carbonyl (C=O) groups is 1. The van der Waals surface area contributed by atoms with Crippen LogP contribution in [0.2, 0.25) is 0 Å². The molecule has 1 spiro atoms. The van der Waals surface area contributed by atoms with Crippen LogP contribution in [0.15, 0.2) is 60.7 Å². The van der Waals surface area contributed by atoms with Gasteiger partial charge < -0.3 is 4.90 Å². The van der Waals surface area contributed by atoms with Gasteiger partial charge in [0.2, 0.25) is 5.91 Å². The first-order chi connectivity index (χ1) is 14.7. The lowest BCUT2D eigenvalue weighted by Crippen LogP contribution is -2.94. The number of hydrogen-bond donors (Lipinski definition) is 0. The average Bonchev–Trinajstić information content (AvgIpc) is 2.74. The summed E-state index contributed by atoms with van der Waals surface area (Å²) in [7, 11) is 0. The zero-order valence-electron chi connectivity index (χ0n) is 17.6. The minimum atomic E-state index is -0.0176. The molecule has 1 saturated heterocycles. The van der Waals surface area contributed by atoms with E-state index in [9.17, 15) is 4.79 Å². The highest BCUT2D eigenvalue weighted by Crippen LogP contribution is 2.97. The fourth-order valence-electron chi connectivity index (χ4n) is 8.97. The third-order valence-corrected chi connectivity index (χ3v) is 9.88.